The van der Waals surface area contributed by atoms with Crippen molar-refractivity contribution in [3.8, 4) is 11.1 Å². The summed E-state index contributed by atoms with van der Waals surface area (Å²) >= 11 is 0. The minimum atomic E-state index is -0.819. The molecule has 0 unspecified atom stereocenters. The predicted octanol–water partition coefficient (Wildman–Crippen LogP) is 6.76. The molecule has 4 aromatic carbocycles. The molecule has 0 bridgehead atoms. The normalized spacial score (nSPS) is 11.2. The molecule has 5 rings (SSSR count). The summed E-state index contributed by atoms with van der Waals surface area (Å²) in [5.41, 5.74) is 3.29. The molecule has 5 aromatic rings. The number of fused-ring (bicyclic) bond motifs is 1. The summed E-state index contributed by atoms with van der Waals surface area (Å²) in [6.45, 7) is 3.74. The molecular weight excluding hydrogens is 576 g/mol. The summed E-state index contributed by atoms with van der Waals surface area (Å²) < 4.78 is 36.4. The van der Waals surface area contributed by atoms with Crippen LogP contribution in [0.3, 0.4) is 0 Å². The van der Waals surface area contributed by atoms with E-state index in [1.807, 2.05) is 55.6 Å². The Morgan fingerprint density at radius 1 is 0.867 bits per heavy atom. The number of carbonyl (C=O) groups is 2. The van der Waals surface area contributed by atoms with Crippen LogP contribution in [0.15, 0.2) is 95.9 Å². The van der Waals surface area contributed by atoms with Gasteiger partial charge >= 0.3 is 5.97 Å². The van der Waals surface area contributed by atoms with Crippen molar-refractivity contribution in [2.75, 3.05) is 19.0 Å². The van der Waals surface area contributed by atoms with Gasteiger partial charge in [0.2, 0.25) is 11.3 Å². The molecule has 0 aliphatic rings. The largest absolute Gasteiger partial charge is 0.462 e. The summed E-state index contributed by atoms with van der Waals surface area (Å²) in [7, 11) is 1.93. The number of amides is 1. The van der Waals surface area contributed by atoms with E-state index in [0.29, 0.717) is 29.9 Å². The summed E-state index contributed by atoms with van der Waals surface area (Å²) in [5.74, 6) is -2.49. The Morgan fingerprint density at radius 2 is 1.56 bits per heavy atom. The lowest BCUT2D eigenvalue weighted by atomic mass is 9.94. The maximum Gasteiger partial charge on any atom is 0.343 e. The van der Waals surface area contributed by atoms with E-state index in [4.69, 9.17) is 4.74 Å². The molecule has 9 heteroatoms. The van der Waals surface area contributed by atoms with Crippen molar-refractivity contribution in [1.82, 2.24) is 9.47 Å². The van der Waals surface area contributed by atoms with Crippen LogP contribution in [0.4, 0.5) is 14.5 Å². The zero-order valence-corrected chi connectivity index (χ0v) is 25.3. The maximum absolute atomic E-state index is 14.8. The third kappa shape index (κ3) is 6.99. The maximum atomic E-state index is 14.8. The van der Waals surface area contributed by atoms with Gasteiger partial charge in [0.05, 0.1) is 24.1 Å². The van der Waals surface area contributed by atoms with Gasteiger partial charge in [0, 0.05) is 37.5 Å². The Hall–Kier alpha value is -5.15. The minimum Gasteiger partial charge on any atom is -0.462 e. The molecule has 0 aliphatic carbocycles. The Bertz CT molecular complexity index is 1900. The predicted molar refractivity (Wildman–Crippen MR) is 171 cm³/mol. The number of esters is 1. The third-order valence-electron chi connectivity index (χ3n) is 7.48. The first-order valence-corrected chi connectivity index (χ1v) is 14.6. The molecule has 1 heterocycles. The van der Waals surface area contributed by atoms with Crippen LogP contribution in [0.1, 0.15) is 40.9 Å². The molecule has 1 N–H and O–H groups in total. The molecule has 7 nitrogen and oxygen atoms in total. The second-order valence-corrected chi connectivity index (χ2v) is 10.8. The number of halogens is 2. The monoisotopic (exact) mass is 609 g/mol. The molecule has 1 aromatic heterocycles. The molecule has 0 radical (unpaired) electrons. The third-order valence-corrected chi connectivity index (χ3v) is 7.48. The van der Waals surface area contributed by atoms with E-state index in [1.165, 1.54) is 35.9 Å². The van der Waals surface area contributed by atoms with Crippen molar-refractivity contribution < 1.29 is 23.1 Å². The number of benzene rings is 4. The average Bonchev–Trinajstić information content (AvgIpc) is 3.01. The number of anilines is 1. The van der Waals surface area contributed by atoms with E-state index in [-0.39, 0.29) is 35.6 Å². The number of ether oxygens (including phenoxy) is 1. The fraction of sp³-hybridized carbons (Fsp3) is 0.194. The topological polar surface area (TPSA) is 80.6 Å². The van der Waals surface area contributed by atoms with Gasteiger partial charge in [0.25, 0.3) is 0 Å². The SMILES string of the molecule is CCOC(=O)c1cn(Cc2c(F)cccc2F)c2ccc(-c3ccc(NC(C)=O)cc3)c(CN(C)Cc3ccccc3)c2c1=O. The van der Waals surface area contributed by atoms with Gasteiger partial charge < -0.3 is 14.6 Å². The van der Waals surface area contributed by atoms with Crippen LogP contribution >= 0.6 is 0 Å². The van der Waals surface area contributed by atoms with Crippen LogP contribution in [0.5, 0.6) is 0 Å². The van der Waals surface area contributed by atoms with Crippen LogP contribution in [-0.4, -0.2) is 35.0 Å². The lowest BCUT2D eigenvalue weighted by Crippen LogP contribution is -2.25. The molecule has 45 heavy (non-hydrogen) atoms. The fourth-order valence-electron chi connectivity index (χ4n) is 5.48. The summed E-state index contributed by atoms with van der Waals surface area (Å²) in [5, 5.41) is 3.01. The van der Waals surface area contributed by atoms with E-state index in [1.54, 1.807) is 25.1 Å². The van der Waals surface area contributed by atoms with Crippen molar-refractivity contribution in [3.05, 3.63) is 135 Å². The molecule has 1 amide bonds. The van der Waals surface area contributed by atoms with Gasteiger partial charge in [-0.15, -0.1) is 0 Å². The molecule has 0 fully saturated rings. The smallest absolute Gasteiger partial charge is 0.343 e. The standard InChI is InChI=1S/C36H33F2N3O4/c1-4-45-36(44)30-22-41(21-29-31(37)11-8-12-32(29)38)33-18-17-27(25-13-15-26(16-14-25)39-23(2)42)28(34(33)35(30)43)20-40(3)19-24-9-6-5-7-10-24/h5-18,22H,4,19-21H2,1-3H3,(H,39,42). The van der Waals surface area contributed by atoms with Gasteiger partial charge in [-0.2, -0.15) is 0 Å². The summed E-state index contributed by atoms with van der Waals surface area (Å²) in [6, 6.07) is 24.3. The first-order valence-electron chi connectivity index (χ1n) is 14.6. The van der Waals surface area contributed by atoms with Crippen molar-refractivity contribution >= 4 is 28.5 Å². The number of hydrogen-bond donors (Lipinski definition) is 1. The average molecular weight is 610 g/mol. The van der Waals surface area contributed by atoms with E-state index in [0.717, 1.165) is 16.7 Å². The second kappa shape index (κ2) is 13.7. The molecule has 0 aliphatic heterocycles. The van der Waals surface area contributed by atoms with Gasteiger partial charge in [-0.25, -0.2) is 13.6 Å². The van der Waals surface area contributed by atoms with Gasteiger partial charge in [0.15, 0.2) is 0 Å². The van der Waals surface area contributed by atoms with E-state index in [9.17, 15) is 23.2 Å². The summed E-state index contributed by atoms with van der Waals surface area (Å²) in [4.78, 5) is 40.9. The molecule has 230 valence electrons. The fourth-order valence-corrected chi connectivity index (χ4v) is 5.48. The Labute approximate surface area is 259 Å². The number of carbonyl (C=O) groups excluding carboxylic acids is 2. The van der Waals surface area contributed by atoms with E-state index in [2.05, 4.69) is 10.2 Å². The lowest BCUT2D eigenvalue weighted by Gasteiger charge is -2.23. The van der Waals surface area contributed by atoms with Crippen LogP contribution in [0.2, 0.25) is 0 Å². The number of hydrogen-bond acceptors (Lipinski definition) is 5. The van der Waals surface area contributed by atoms with Gasteiger partial charge in [-0.3, -0.25) is 14.5 Å². The first-order chi connectivity index (χ1) is 21.7. The van der Waals surface area contributed by atoms with Crippen molar-refractivity contribution in [2.24, 2.45) is 0 Å². The second-order valence-electron chi connectivity index (χ2n) is 10.8. The Morgan fingerprint density at radius 3 is 2.20 bits per heavy atom. The minimum absolute atomic E-state index is 0.0472. The van der Waals surface area contributed by atoms with Crippen LogP contribution in [0.25, 0.3) is 22.0 Å². The van der Waals surface area contributed by atoms with Crippen LogP contribution in [-0.2, 0) is 29.2 Å². The van der Waals surface area contributed by atoms with Crippen LogP contribution < -0.4 is 10.7 Å². The number of aromatic nitrogens is 1. The highest BCUT2D eigenvalue weighted by molar-refractivity contribution is 5.97. The van der Waals surface area contributed by atoms with Crippen molar-refractivity contribution in [3.63, 3.8) is 0 Å². The van der Waals surface area contributed by atoms with Gasteiger partial charge in [0.1, 0.15) is 17.2 Å². The van der Waals surface area contributed by atoms with Gasteiger partial charge in [-0.05, 0) is 66.6 Å². The number of rotatable bonds is 10. The van der Waals surface area contributed by atoms with Gasteiger partial charge in [-0.1, -0.05) is 54.6 Å². The van der Waals surface area contributed by atoms with Crippen molar-refractivity contribution in [1.29, 1.82) is 0 Å². The Balaban J connectivity index is 1.75. The molecular formula is C36H33F2N3O4. The van der Waals surface area contributed by atoms with Crippen molar-refractivity contribution in [2.45, 2.75) is 33.5 Å². The van der Waals surface area contributed by atoms with E-state index >= 15 is 0 Å². The first kappa shape index (κ1) is 31.3. The zero-order valence-electron chi connectivity index (χ0n) is 25.3. The molecule has 0 spiro atoms. The molecule has 0 saturated heterocycles. The van der Waals surface area contributed by atoms with E-state index < -0.39 is 23.0 Å². The number of pyridine rings is 1. The molecule has 0 atom stereocenters. The highest BCUT2D eigenvalue weighted by atomic mass is 19.1. The highest BCUT2D eigenvalue weighted by Crippen LogP contribution is 2.32. The quantitative estimate of drug-likeness (QED) is 0.177. The lowest BCUT2D eigenvalue weighted by molar-refractivity contribution is -0.114. The number of nitrogens with zero attached hydrogens (tertiary/aromatic N) is 2. The zero-order chi connectivity index (χ0) is 32.1. The summed E-state index contributed by atoms with van der Waals surface area (Å²) in [6.07, 6.45) is 1.31. The molecule has 0 saturated carbocycles. The van der Waals surface area contributed by atoms with Crippen LogP contribution in [0, 0.1) is 11.6 Å². The Kier molecular flexibility index (Phi) is 9.49. The number of nitrogens with one attached hydrogen (secondary N) is 1. The highest BCUT2D eigenvalue weighted by Gasteiger charge is 2.23.